The second kappa shape index (κ2) is 4.18. The molecule has 0 N–H and O–H groups in total. The zero-order chi connectivity index (χ0) is 9.84. The predicted molar refractivity (Wildman–Crippen MR) is 51.1 cm³/mol. The van der Waals surface area contributed by atoms with Gasteiger partial charge in [0.2, 0.25) is 0 Å². The Bertz CT molecular complexity index is 399. The molecular formula is C8H3BrN2OS. The lowest BCUT2D eigenvalue weighted by Gasteiger charge is -1.93. The topological polar surface area (TPSA) is 64.7 Å². The van der Waals surface area contributed by atoms with Crippen molar-refractivity contribution >= 4 is 33.0 Å². The Hall–Kier alpha value is -1.17. The first-order valence-electron chi connectivity index (χ1n) is 3.26. The SMILES string of the molecule is N#CC(C#N)C(=O)c1csc(Br)c1. The summed E-state index contributed by atoms with van der Waals surface area (Å²) in [5, 5.41) is 18.5. The van der Waals surface area contributed by atoms with Crippen LogP contribution in [0.4, 0.5) is 0 Å². The number of thiophene rings is 1. The molecule has 3 nitrogen and oxygen atoms in total. The third-order valence-electron chi connectivity index (χ3n) is 1.37. The van der Waals surface area contributed by atoms with Gasteiger partial charge in [0, 0.05) is 10.9 Å². The van der Waals surface area contributed by atoms with E-state index in [1.54, 1.807) is 23.6 Å². The van der Waals surface area contributed by atoms with Gasteiger partial charge in [0.25, 0.3) is 0 Å². The maximum absolute atomic E-state index is 11.4. The standard InChI is InChI=1S/C8H3BrN2OS/c9-7-1-5(4-13-7)8(12)6(2-10)3-11/h1,4,6H. The largest absolute Gasteiger partial charge is 0.291 e. The van der Waals surface area contributed by atoms with Crippen LogP contribution in [0.25, 0.3) is 0 Å². The van der Waals surface area contributed by atoms with Crippen molar-refractivity contribution in [1.29, 1.82) is 10.5 Å². The van der Waals surface area contributed by atoms with Gasteiger partial charge in [0.15, 0.2) is 11.7 Å². The van der Waals surface area contributed by atoms with Gasteiger partial charge in [-0.25, -0.2) is 0 Å². The maximum Gasteiger partial charge on any atom is 0.195 e. The first-order chi connectivity index (χ1) is 6.19. The summed E-state index contributed by atoms with van der Waals surface area (Å²) in [5.41, 5.74) is 0.407. The fourth-order valence-corrected chi connectivity index (χ4v) is 1.90. The second-order valence-corrected chi connectivity index (χ2v) is 4.49. The zero-order valence-corrected chi connectivity index (χ0v) is 8.72. The summed E-state index contributed by atoms with van der Waals surface area (Å²) >= 11 is 4.54. The number of carbonyl (C=O) groups excluding carboxylic acids is 1. The third kappa shape index (κ3) is 2.15. The van der Waals surface area contributed by atoms with E-state index in [1.807, 2.05) is 0 Å². The second-order valence-electron chi connectivity index (χ2n) is 2.19. The van der Waals surface area contributed by atoms with Crippen LogP contribution in [-0.4, -0.2) is 5.78 Å². The summed E-state index contributed by atoms with van der Waals surface area (Å²) < 4.78 is 0.811. The minimum atomic E-state index is -1.19. The summed E-state index contributed by atoms with van der Waals surface area (Å²) in [4.78, 5) is 11.4. The molecule has 5 heteroatoms. The molecule has 0 aromatic carbocycles. The highest BCUT2D eigenvalue weighted by Crippen LogP contribution is 2.22. The van der Waals surface area contributed by atoms with Gasteiger partial charge in [-0.15, -0.1) is 11.3 Å². The van der Waals surface area contributed by atoms with Gasteiger partial charge in [-0.3, -0.25) is 4.79 Å². The normalized spacial score (nSPS) is 9.23. The number of Topliss-reactive ketones (excluding diaryl/α,β-unsaturated/α-hetero) is 1. The highest BCUT2D eigenvalue weighted by Gasteiger charge is 2.19. The van der Waals surface area contributed by atoms with Crippen molar-refractivity contribution in [3.63, 3.8) is 0 Å². The Balaban J connectivity index is 2.94. The van der Waals surface area contributed by atoms with Crippen LogP contribution in [0.2, 0.25) is 0 Å². The molecule has 0 aliphatic rings. The van der Waals surface area contributed by atoms with Crippen molar-refractivity contribution in [3.05, 3.63) is 20.8 Å². The lowest BCUT2D eigenvalue weighted by Crippen LogP contribution is -2.09. The van der Waals surface area contributed by atoms with Crippen LogP contribution in [0.5, 0.6) is 0 Å². The summed E-state index contributed by atoms with van der Waals surface area (Å²) in [7, 11) is 0. The molecule has 13 heavy (non-hydrogen) atoms. The molecule has 0 spiro atoms. The minimum Gasteiger partial charge on any atom is -0.291 e. The van der Waals surface area contributed by atoms with Gasteiger partial charge in [-0.1, -0.05) is 0 Å². The molecule has 1 aromatic rings. The van der Waals surface area contributed by atoms with E-state index in [9.17, 15) is 4.79 Å². The summed E-state index contributed by atoms with van der Waals surface area (Å²) in [5.74, 6) is -1.63. The molecule has 0 saturated heterocycles. The van der Waals surface area contributed by atoms with Crippen LogP contribution in [0, 0.1) is 28.6 Å². The van der Waals surface area contributed by atoms with Gasteiger partial charge in [0.1, 0.15) is 0 Å². The van der Waals surface area contributed by atoms with E-state index in [4.69, 9.17) is 10.5 Å². The minimum absolute atomic E-state index is 0.407. The predicted octanol–water partition coefficient (Wildman–Crippen LogP) is 2.36. The van der Waals surface area contributed by atoms with Gasteiger partial charge >= 0.3 is 0 Å². The lowest BCUT2D eigenvalue weighted by atomic mass is 10.0. The van der Waals surface area contributed by atoms with Crippen LogP contribution in [0.15, 0.2) is 15.2 Å². The van der Waals surface area contributed by atoms with Crippen molar-refractivity contribution < 1.29 is 4.79 Å². The van der Waals surface area contributed by atoms with E-state index in [0.717, 1.165) is 3.79 Å². The van der Waals surface area contributed by atoms with E-state index in [1.165, 1.54) is 11.3 Å². The van der Waals surface area contributed by atoms with Gasteiger partial charge in [-0.2, -0.15) is 10.5 Å². The van der Waals surface area contributed by atoms with E-state index >= 15 is 0 Å². The molecular weight excluding hydrogens is 252 g/mol. The Morgan fingerprint density at radius 1 is 1.54 bits per heavy atom. The smallest absolute Gasteiger partial charge is 0.195 e. The fraction of sp³-hybridized carbons (Fsp3) is 0.125. The summed E-state index contributed by atoms with van der Waals surface area (Å²) in [6.45, 7) is 0. The maximum atomic E-state index is 11.4. The summed E-state index contributed by atoms with van der Waals surface area (Å²) in [6, 6.07) is 4.88. The first kappa shape index (κ1) is 9.91. The van der Waals surface area contributed by atoms with Crippen molar-refractivity contribution in [1.82, 2.24) is 0 Å². The molecule has 0 atom stereocenters. The number of ketones is 1. The van der Waals surface area contributed by atoms with Crippen LogP contribution >= 0.6 is 27.3 Å². The van der Waals surface area contributed by atoms with E-state index in [2.05, 4.69) is 15.9 Å². The molecule has 0 bridgehead atoms. The number of hydrogen-bond acceptors (Lipinski definition) is 4. The average Bonchev–Trinajstić information content (AvgIpc) is 2.54. The molecule has 1 rings (SSSR count). The van der Waals surface area contributed by atoms with Crippen LogP contribution in [0.1, 0.15) is 10.4 Å². The number of hydrogen-bond donors (Lipinski definition) is 0. The van der Waals surface area contributed by atoms with Crippen LogP contribution in [-0.2, 0) is 0 Å². The van der Waals surface area contributed by atoms with Gasteiger partial charge in [0.05, 0.1) is 15.9 Å². The molecule has 0 fully saturated rings. The summed E-state index contributed by atoms with van der Waals surface area (Å²) in [6.07, 6.45) is 0. The molecule has 0 radical (unpaired) electrons. The number of halogens is 1. The Morgan fingerprint density at radius 3 is 2.54 bits per heavy atom. The Kier molecular flexibility index (Phi) is 3.18. The lowest BCUT2D eigenvalue weighted by molar-refractivity contribution is 0.0971. The van der Waals surface area contributed by atoms with Crippen molar-refractivity contribution in [3.8, 4) is 12.1 Å². The van der Waals surface area contributed by atoms with E-state index < -0.39 is 11.7 Å². The Morgan fingerprint density at radius 2 is 2.15 bits per heavy atom. The molecule has 0 aliphatic heterocycles. The zero-order valence-electron chi connectivity index (χ0n) is 6.32. The van der Waals surface area contributed by atoms with Crippen molar-refractivity contribution in [2.24, 2.45) is 5.92 Å². The third-order valence-corrected chi connectivity index (χ3v) is 2.88. The molecule has 0 saturated carbocycles. The van der Waals surface area contributed by atoms with Crippen molar-refractivity contribution in [2.75, 3.05) is 0 Å². The number of nitrogens with zero attached hydrogens (tertiary/aromatic N) is 2. The molecule has 0 amide bonds. The number of carbonyl (C=O) groups is 1. The van der Waals surface area contributed by atoms with E-state index in [-0.39, 0.29) is 0 Å². The van der Waals surface area contributed by atoms with Gasteiger partial charge in [-0.05, 0) is 22.0 Å². The monoisotopic (exact) mass is 254 g/mol. The Labute approximate surface area is 87.3 Å². The van der Waals surface area contributed by atoms with Crippen LogP contribution < -0.4 is 0 Å². The quantitative estimate of drug-likeness (QED) is 0.762. The van der Waals surface area contributed by atoms with Gasteiger partial charge < -0.3 is 0 Å². The van der Waals surface area contributed by atoms with E-state index in [0.29, 0.717) is 5.56 Å². The molecule has 0 unspecified atom stereocenters. The molecule has 0 aliphatic carbocycles. The molecule has 64 valence electrons. The first-order valence-corrected chi connectivity index (χ1v) is 4.93. The van der Waals surface area contributed by atoms with Crippen LogP contribution in [0.3, 0.4) is 0 Å². The highest BCUT2D eigenvalue weighted by atomic mass is 79.9. The number of nitriles is 2. The average molecular weight is 255 g/mol. The fourth-order valence-electron chi connectivity index (χ4n) is 0.752. The molecule has 1 heterocycles. The van der Waals surface area contributed by atoms with Crippen molar-refractivity contribution in [2.45, 2.75) is 0 Å². The highest BCUT2D eigenvalue weighted by molar-refractivity contribution is 9.11. The number of rotatable bonds is 2. The molecule has 1 aromatic heterocycles.